The number of likely N-dealkylation sites (N-methyl/N-ethyl adjacent to an activating group) is 1. The van der Waals surface area contributed by atoms with Gasteiger partial charge in [-0.15, -0.1) is 5.73 Å². The van der Waals surface area contributed by atoms with E-state index >= 15 is 0 Å². The van der Waals surface area contributed by atoms with Crippen LogP contribution in [0.3, 0.4) is 0 Å². The zero-order chi connectivity index (χ0) is 38.0. The van der Waals surface area contributed by atoms with E-state index in [1.165, 1.54) is 41.7 Å². The van der Waals surface area contributed by atoms with Crippen molar-refractivity contribution >= 4 is 0 Å². The molecular formula is C47H75N3O2. The van der Waals surface area contributed by atoms with Crippen molar-refractivity contribution in [1.82, 2.24) is 14.7 Å². The Kier molecular flexibility index (Phi) is 18.8. The van der Waals surface area contributed by atoms with Crippen LogP contribution < -0.4 is 0 Å². The first kappa shape index (κ1) is 43.6. The Bertz CT molecular complexity index is 1380. The molecule has 290 valence electrons. The second-order valence-electron chi connectivity index (χ2n) is 15.9. The van der Waals surface area contributed by atoms with Crippen molar-refractivity contribution in [2.75, 3.05) is 53.0 Å². The highest BCUT2D eigenvalue weighted by atomic mass is 16.5. The molecule has 0 saturated carbocycles. The van der Waals surface area contributed by atoms with Crippen molar-refractivity contribution in [2.24, 2.45) is 10.8 Å². The highest BCUT2D eigenvalue weighted by Crippen LogP contribution is 2.49. The predicted octanol–water partition coefficient (Wildman–Crippen LogP) is 11.3. The Labute approximate surface area is 320 Å². The standard InChI is InChI=1S/C47H75N3O2/c1-11-23-40(24-18-16-17-21-33-49(14-4)39(6)12-2)41-26-22-27-43-45(29-28-41)52-44-30-32-47(9,46(7,8)13-3)31-20-19-25-42(44)38-50(43)35-34-48(10)36-37-51-15-5/h12,17-18,21-23,25-26,28,30,33,43,45H,11,13-15,19-20,24,27,29,31-32,34-38H2,1-10H3/b26-22?,33-21-,39-12-,40-23+,41-28+,42-25?,44-30?/t16?,43-,45?,47-/m1/s1. The molecule has 1 heterocycles. The number of allylic oxidation sites excluding steroid dienone is 10. The van der Waals surface area contributed by atoms with Gasteiger partial charge >= 0.3 is 0 Å². The van der Waals surface area contributed by atoms with Gasteiger partial charge in [0.1, 0.15) is 11.9 Å². The summed E-state index contributed by atoms with van der Waals surface area (Å²) in [6, 6.07) is 0.312. The molecule has 0 N–H and O–H groups in total. The summed E-state index contributed by atoms with van der Waals surface area (Å²) in [4.78, 5) is 7.39. The molecule has 0 aromatic rings. The average molecular weight is 714 g/mol. The van der Waals surface area contributed by atoms with Gasteiger partial charge < -0.3 is 19.3 Å². The Morgan fingerprint density at radius 3 is 2.65 bits per heavy atom. The maximum Gasteiger partial charge on any atom is 0.120 e. The maximum atomic E-state index is 7.25. The van der Waals surface area contributed by atoms with Crippen molar-refractivity contribution in [3.05, 3.63) is 101 Å². The normalized spacial score (nSPS) is 24.7. The number of hydrogen-bond donors (Lipinski definition) is 0. The van der Waals surface area contributed by atoms with Gasteiger partial charge in [0.2, 0.25) is 0 Å². The van der Waals surface area contributed by atoms with Crippen LogP contribution in [-0.4, -0.2) is 79.8 Å². The summed E-state index contributed by atoms with van der Waals surface area (Å²) in [7, 11) is 2.23. The van der Waals surface area contributed by atoms with Crippen molar-refractivity contribution in [1.29, 1.82) is 0 Å². The molecule has 3 rings (SSSR count). The maximum absolute atomic E-state index is 7.25. The first-order valence-corrected chi connectivity index (χ1v) is 20.6. The SMILES string of the molecule is C/C=C(/C)N(/C=C\C=C=CCC(=C\CC)/C1=C/CC2OC3=CC[C@](C)(C(C)(C)CC)CCCC=C3CN(CCN(C)CCOCC)[C@@H]2CC=C1)CC. The van der Waals surface area contributed by atoms with Gasteiger partial charge in [0.15, 0.2) is 0 Å². The largest absolute Gasteiger partial charge is 0.488 e. The van der Waals surface area contributed by atoms with Crippen LogP contribution in [-0.2, 0) is 9.47 Å². The molecule has 0 aromatic carbocycles. The lowest BCUT2D eigenvalue weighted by atomic mass is 9.61. The molecule has 2 aliphatic carbocycles. The van der Waals surface area contributed by atoms with Crippen molar-refractivity contribution in [2.45, 2.75) is 132 Å². The fraction of sp³-hybridized carbons (Fsp3) is 0.638. The Morgan fingerprint density at radius 2 is 1.94 bits per heavy atom. The quantitative estimate of drug-likeness (QED) is 0.0850. The van der Waals surface area contributed by atoms with Crippen LogP contribution >= 0.6 is 0 Å². The van der Waals surface area contributed by atoms with Crippen LogP contribution in [0.4, 0.5) is 0 Å². The lowest BCUT2D eigenvalue weighted by Gasteiger charge is -2.44. The van der Waals surface area contributed by atoms with Gasteiger partial charge in [0, 0.05) is 63.2 Å². The minimum absolute atomic E-state index is 0.0858. The van der Waals surface area contributed by atoms with Gasteiger partial charge in [-0.2, -0.15) is 0 Å². The van der Waals surface area contributed by atoms with Gasteiger partial charge in [-0.05, 0) is 126 Å². The molecule has 3 aliphatic rings. The molecule has 1 saturated heterocycles. The van der Waals surface area contributed by atoms with Gasteiger partial charge in [-0.25, -0.2) is 0 Å². The molecule has 0 radical (unpaired) electrons. The third-order valence-electron chi connectivity index (χ3n) is 12.2. The third kappa shape index (κ3) is 12.9. The van der Waals surface area contributed by atoms with E-state index in [2.05, 4.69) is 151 Å². The van der Waals surface area contributed by atoms with Crippen LogP contribution in [0, 0.1) is 10.8 Å². The smallest absolute Gasteiger partial charge is 0.120 e. The first-order valence-electron chi connectivity index (χ1n) is 20.6. The molecule has 1 fully saturated rings. The third-order valence-corrected chi connectivity index (χ3v) is 12.2. The fourth-order valence-electron chi connectivity index (χ4n) is 7.59. The lowest BCUT2D eigenvalue weighted by Crippen LogP contribution is -2.46. The molecular weight excluding hydrogens is 639 g/mol. The summed E-state index contributed by atoms with van der Waals surface area (Å²) in [5.74, 6) is 1.14. The number of hydrogen-bond acceptors (Lipinski definition) is 5. The van der Waals surface area contributed by atoms with E-state index < -0.39 is 0 Å². The van der Waals surface area contributed by atoms with E-state index in [0.717, 1.165) is 90.2 Å². The van der Waals surface area contributed by atoms with Gasteiger partial charge in [0.05, 0.1) is 12.6 Å². The zero-order valence-electron chi connectivity index (χ0n) is 35.0. The van der Waals surface area contributed by atoms with Gasteiger partial charge in [-0.1, -0.05) is 77.5 Å². The average Bonchev–Trinajstić information content (AvgIpc) is 3.20. The van der Waals surface area contributed by atoms with E-state index in [0.29, 0.717) is 6.04 Å². The van der Waals surface area contributed by atoms with E-state index in [9.17, 15) is 0 Å². The number of fused-ring (bicyclic) bond motifs is 2. The Morgan fingerprint density at radius 1 is 1.13 bits per heavy atom. The molecule has 52 heavy (non-hydrogen) atoms. The van der Waals surface area contributed by atoms with Crippen LogP contribution in [0.2, 0.25) is 0 Å². The molecule has 1 aliphatic heterocycles. The lowest BCUT2D eigenvalue weighted by molar-refractivity contribution is 0.0428. The van der Waals surface area contributed by atoms with Crippen LogP contribution in [0.1, 0.15) is 120 Å². The molecule has 0 spiro atoms. The minimum Gasteiger partial charge on any atom is -0.488 e. The molecule has 5 heteroatoms. The van der Waals surface area contributed by atoms with E-state index in [-0.39, 0.29) is 16.9 Å². The summed E-state index contributed by atoms with van der Waals surface area (Å²) in [6.45, 7) is 27.0. The van der Waals surface area contributed by atoms with E-state index in [1.807, 2.05) is 6.08 Å². The summed E-state index contributed by atoms with van der Waals surface area (Å²) < 4.78 is 12.9. The molecule has 3 atom stereocenters. The van der Waals surface area contributed by atoms with Crippen molar-refractivity contribution in [3.63, 3.8) is 0 Å². The number of nitrogens with zero attached hydrogens (tertiary/aromatic N) is 3. The molecule has 0 bridgehead atoms. The van der Waals surface area contributed by atoms with Crippen molar-refractivity contribution in [3.8, 4) is 0 Å². The van der Waals surface area contributed by atoms with Crippen molar-refractivity contribution < 1.29 is 9.47 Å². The summed E-state index contributed by atoms with van der Waals surface area (Å²) >= 11 is 0. The van der Waals surface area contributed by atoms with Gasteiger partial charge in [0.25, 0.3) is 0 Å². The fourth-order valence-corrected chi connectivity index (χ4v) is 7.59. The second kappa shape index (κ2) is 22.4. The topological polar surface area (TPSA) is 28.2 Å². The predicted molar refractivity (Wildman–Crippen MR) is 224 cm³/mol. The molecule has 0 aromatic heterocycles. The molecule has 1 unspecified atom stereocenters. The van der Waals surface area contributed by atoms with E-state index in [1.54, 1.807) is 0 Å². The van der Waals surface area contributed by atoms with Crippen LogP contribution in [0.15, 0.2) is 101 Å². The first-order chi connectivity index (χ1) is 25.0. The molecule has 5 nitrogen and oxygen atoms in total. The number of ether oxygens (including phenoxy) is 2. The number of rotatable bonds is 17. The monoisotopic (exact) mass is 714 g/mol. The zero-order valence-corrected chi connectivity index (χ0v) is 35.0. The van der Waals surface area contributed by atoms with E-state index in [4.69, 9.17) is 9.47 Å². The second-order valence-corrected chi connectivity index (χ2v) is 15.9. The highest BCUT2D eigenvalue weighted by Gasteiger charge is 2.40. The van der Waals surface area contributed by atoms with Crippen LogP contribution in [0.25, 0.3) is 0 Å². The Balaban J connectivity index is 1.90. The van der Waals surface area contributed by atoms with Crippen LogP contribution in [0.5, 0.6) is 0 Å². The Hall–Kier alpha value is -2.82. The summed E-state index contributed by atoms with van der Waals surface area (Å²) in [6.07, 6.45) is 34.8. The highest BCUT2D eigenvalue weighted by molar-refractivity contribution is 5.42. The van der Waals surface area contributed by atoms with Gasteiger partial charge in [-0.3, -0.25) is 4.90 Å². The minimum atomic E-state index is 0.0858. The summed E-state index contributed by atoms with van der Waals surface area (Å²) in [5.41, 5.74) is 9.25. The molecule has 0 amide bonds. The summed E-state index contributed by atoms with van der Waals surface area (Å²) in [5, 5.41) is 0.